The van der Waals surface area contributed by atoms with Crippen LogP contribution in [0.15, 0.2) is 31.0 Å². The van der Waals surface area contributed by atoms with Crippen molar-refractivity contribution in [2.75, 3.05) is 6.61 Å². The van der Waals surface area contributed by atoms with Crippen LogP contribution in [-0.4, -0.2) is 27.7 Å². The van der Waals surface area contributed by atoms with E-state index in [1.165, 1.54) is 0 Å². The maximum Gasteiger partial charge on any atom is 0.341 e. The van der Waals surface area contributed by atoms with Gasteiger partial charge in [0.15, 0.2) is 6.61 Å². The molecule has 1 N–H and O–H groups in total. The molecule has 0 saturated carbocycles. The van der Waals surface area contributed by atoms with E-state index in [4.69, 9.17) is 21.4 Å². The van der Waals surface area contributed by atoms with Crippen LogP contribution in [0.2, 0.25) is 5.02 Å². The number of fused-ring (bicyclic) bond motifs is 1. The molecule has 0 atom stereocenters. The average molecular weight is 279 g/mol. The highest BCUT2D eigenvalue weighted by Crippen LogP contribution is 2.28. The van der Waals surface area contributed by atoms with Crippen LogP contribution in [-0.2, 0) is 11.2 Å². The van der Waals surface area contributed by atoms with Gasteiger partial charge in [-0.2, -0.15) is 0 Å². The number of aliphatic carboxylic acids is 1. The molecule has 19 heavy (non-hydrogen) atoms. The fourth-order valence-electron chi connectivity index (χ4n) is 1.58. The summed E-state index contributed by atoms with van der Waals surface area (Å²) in [5.74, 6) is -0.710. The summed E-state index contributed by atoms with van der Waals surface area (Å²) in [6.07, 6.45) is 3.88. The van der Waals surface area contributed by atoms with Crippen LogP contribution >= 0.6 is 11.6 Å². The zero-order chi connectivity index (χ0) is 13.8. The lowest BCUT2D eigenvalue weighted by Crippen LogP contribution is -2.10. The second kappa shape index (κ2) is 5.67. The SMILES string of the molecule is C=CCc1cnc2c(Cl)ccc(OCC(=O)O)c2n1. The average Bonchev–Trinajstić information content (AvgIpc) is 2.38. The Kier molecular flexibility index (Phi) is 3.97. The number of halogens is 1. The Labute approximate surface area is 114 Å². The van der Waals surface area contributed by atoms with Gasteiger partial charge >= 0.3 is 5.97 Å². The standard InChI is InChI=1S/C13H11ClN2O3/c1-2-3-8-6-15-12-9(14)4-5-10(13(12)16-8)19-7-11(17)18/h2,4-6H,1,3,7H2,(H,17,18). The number of hydrogen-bond donors (Lipinski definition) is 1. The predicted octanol–water partition coefficient (Wildman–Crippen LogP) is 2.48. The number of aromatic nitrogens is 2. The van der Waals surface area contributed by atoms with E-state index in [0.717, 1.165) is 0 Å². The first-order valence-electron chi connectivity index (χ1n) is 5.51. The van der Waals surface area contributed by atoms with Crippen LogP contribution in [0.4, 0.5) is 0 Å². The third-order valence-corrected chi connectivity index (χ3v) is 2.67. The van der Waals surface area contributed by atoms with Gasteiger partial charge in [0.1, 0.15) is 16.8 Å². The molecule has 0 aliphatic carbocycles. The number of benzene rings is 1. The van der Waals surface area contributed by atoms with E-state index in [2.05, 4.69) is 16.5 Å². The van der Waals surface area contributed by atoms with Crippen LogP contribution in [0.5, 0.6) is 5.75 Å². The molecule has 0 aliphatic heterocycles. The minimum absolute atomic E-state index is 0.347. The van der Waals surface area contributed by atoms with Crippen molar-refractivity contribution in [1.82, 2.24) is 9.97 Å². The number of ether oxygens (including phenoxy) is 1. The molecule has 2 aromatic rings. The topological polar surface area (TPSA) is 72.3 Å². The summed E-state index contributed by atoms with van der Waals surface area (Å²) in [5.41, 5.74) is 1.65. The lowest BCUT2D eigenvalue weighted by molar-refractivity contribution is -0.139. The Balaban J connectivity index is 2.49. The van der Waals surface area contributed by atoms with Crippen molar-refractivity contribution in [2.45, 2.75) is 6.42 Å². The summed E-state index contributed by atoms with van der Waals surface area (Å²) in [6.45, 7) is 3.19. The van der Waals surface area contributed by atoms with E-state index in [-0.39, 0.29) is 0 Å². The molecule has 0 bridgehead atoms. The van der Waals surface area contributed by atoms with Crippen LogP contribution in [0.25, 0.3) is 11.0 Å². The van der Waals surface area contributed by atoms with Gasteiger partial charge in [-0.1, -0.05) is 17.7 Å². The third kappa shape index (κ3) is 3.00. The lowest BCUT2D eigenvalue weighted by Gasteiger charge is -2.08. The van der Waals surface area contributed by atoms with E-state index in [0.29, 0.717) is 33.9 Å². The zero-order valence-corrected chi connectivity index (χ0v) is 10.7. The number of carboxylic acids is 1. The molecule has 0 saturated heterocycles. The maximum absolute atomic E-state index is 10.5. The molecule has 5 nitrogen and oxygen atoms in total. The first-order chi connectivity index (χ1) is 9.11. The van der Waals surface area contributed by atoms with Gasteiger partial charge in [-0.05, 0) is 12.1 Å². The van der Waals surface area contributed by atoms with E-state index < -0.39 is 12.6 Å². The van der Waals surface area contributed by atoms with Crippen molar-refractivity contribution >= 4 is 28.6 Å². The highest BCUT2D eigenvalue weighted by atomic mass is 35.5. The quantitative estimate of drug-likeness (QED) is 0.851. The van der Waals surface area contributed by atoms with Crippen LogP contribution in [0.1, 0.15) is 5.69 Å². The summed E-state index contributed by atoms with van der Waals surface area (Å²) in [5, 5.41) is 9.08. The number of carboxylic acid groups (broad SMARTS) is 1. The maximum atomic E-state index is 10.5. The van der Waals surface area contributed by atoms with Gasteiger partial charge in [0.05, 0.1) is 10.7 Å². The van der Waals surface area contributed by atoms with Crippen LogP contribution < -0.4 is 4.74 Å². The number of hydrogen-bond acceptors (Lipinski definition) is 4. The number of nitrogens with zero attached hydrogens (tertiary/aromatic N) is 2. The third-order valence-electron chi connectivity index (χ3n) is 2.37. The van der Waals surface area contributed by atoms with Gasteiger partial charge in [0.25, 0.3) is 0 Å². The van der Waals surface area contributed by atoms with Gasteiger partial charge in [0.2, 0.25) is 0 Å². The number of carbonyl (C=O) groups is 1. The molecular weight excluding hydrogens is 268 g/mol. The zero-order valence-electron chi connectivity index (χ0n) is 9.97. The van der Waals surface area contributed by atoms with Crippen molar-refractivity contribution in [3.63, 3.8) is 0 Å². The molecule has 0 amide bonds. The second-order valence-electron chi connectivity index (χ2n) is 3.78. The molecule has 0 spiro atoms. The van der Waals surface area contributed by atoms with Gasteiger partial charge in [-0.25, -0.2) is 9.78 Å². The largest absolute Gasteiger partial charge is 0.480 e. The Morgan fingerprint density at radius 1 is 1.47 bits per heavy atom. The van der Waals surface area contributed by atoms with Gasteiger partial charge in [-0.15, -0.1) is 6.58 Å². The Morgan fingerprint density at radius 3 is 2.95 bits per heavy atom. The molecule has 0 aliphatic rings. The molecule has 1 aromatic heterocycles. The molecule has 1 heterocycles. The van der Waals surface area contributed by atoms with Crippen molar-refractivity contribution in [1.29, 1.82) is 0 Å². The summed E-state index contributed by atoms with van der Waals surface area (Å²) in [7, 11) is 0. The molecule has 6 heteroatoms. The van der Waals surface area contributed by atoms with Crippen LogP contribution in [0, 0.1) is 0 Å². The van der Waals surface area contributed by atoms with Crippen molar-refractivity contribution < 1.29 is 14.6 Å². The van der Waals surface area contributed by atoms with Crippen LogP contribution in [0.3, 0.4) is 0 Å². The van der Waals surface area contributed by atoms with E-state index in [1.54, 1.807) is 24.4 Å². The first kappa shape index (κ1) is 13.3. The molecule has 98 valence electrons. The Hall–Kier alpha value is -2.14. The fraction of sp³-hybridized carbons (Fsp3) is 0.154. The smallest absolute Gasteiger partial charge is 0.341 e. The Bertz CT molecular complexity index is 643. The minimum Gasteiger partial charge on any atom is -0.480 e. The fourth-order valence-corrected chi connectivity index (χ4v) is 1.78. The predicted molar refractivity (Wildman–Crippen MR) is 71.6 cm³/mol. The monoisotopic (exact) mass is 278 g/mol. The normalized spacial score (nSPS) is 10.4. The number of rotatable bonds is 5. The van der Waals surface area contributed by atoms with Gasteiger partial charge in [-0.3, -0.25) is 4.98 Å². The van der Waals surface area contributed by atoms with E-state index >= 15 is 0 Å². The Morgan fingerprint density at radius 2 is 2.26 bits per heavy atom. The summed E-state index contributed by atoms with van der Waals surface area (Å²) < 4.78 is 5.18. The minimum atomic E-state index is -1.06. The lowest BCUT2D eigenvalue weighted by atomic mass is 10.2. The molecule has 0 unspecified atom stereocenters. The molecule has 0 radical (unpaired) electrons. The van der Waals surface area contributed by atoms with Gasteiger partial charge < -0.3 is 9.84 Å². The highest BCUT2D eigenvalue weighted by molar-refractivity contribution is 6.35. The molecular formula is C13H11ClN2O3. The van der Waals surface area contributed by atoms with Crippen molar-refractivity contribution in [2.24, 2.45) is 0 Å². The highest BCUT2D eigenvalue weighted by Gasteiger charge is 2.11. The summed E-state index contributed by atoms with van der Waals surface area (Å²) in [4.78, 5) is 19.1. The van der Waals surface area contributed by atoms with E-state index in [9.17, 15) is 4.79 Å². The first-order valence-corrected chi connectivity index (χ1v) is 5.89. The molecule has 2 rings (SSSR count). The summed E-state index contributed by atoms with van der Waals surface area (Å²) >= 11 is 6.03. The van der Waals surface area contributed by atoms with E-state index in [1.807, 2.05) is 0 Å². The van der Waals surface area contributed by atoms with Crippen molar-refractivity contribution in [3.8, 4) is 5.75 Å². The number of allylic oxidation sites excluding steroid dienone is 1. The second-order valence-corrected chi connectivity index (χ2v) is 4.19. The molecule has 0 fully saturated rings. The van der Waals surface area contributed by atoms with Gasteiger partial charge in [0, 0.05) is 12.6 Å². The summed E-state index contributed by atoms with van der Waals surface area (Å²) in [6, 6.07) is 3.18. The van der Waals surface area contributed by atoms with Crippen molar-refractivity contribution in [3.05, 3.63) is 41.7 Å². The molecule has 1 aromatic carbocycles.